The van der Waals surface area contributed by atoms with Gasteiger partial charge in [-0.2, -0.15) is 13.2 Å². The number of rotatable bonds is 3. The molecule has 0 unspecified atom stereocenters. The van der Waals surface area contributed by atoms with Crippen LogP contribution < -0.4 is 5.32 Å². The highest BCUT2D eigenvalue weighted by Crippen LogP contribution is 2.34. The van der Waals surface area contributed by atoms with Gasteiger partial charge in [0.15, 0.2) is 0 Å². The smallest absolute Gasteiger partial charge is 0.322 e. The van der Waals surface area contributed by atoms with Gasteiger partial charge in [-0.05, 0) is 34.5 Å². The van der Waals surface area contributed by atoms with Crippen LogP contribution in [0.1, 0.15) is 11.1 Å². The Hall–Kier alpha value is -2.77. The Morgan fingerprint density at radius 2 is 1.68 bits per heavy atom. The van der Waals surface area contributed by atoms with Gasteiger partial charge in [-0.15, -0.1) is 0 Å². The Bertz CT molecular complexity index is 1090. The Kier molecular flexibility index (Phi) is 6.07. The quantitative estimate of drug-likeness (QED) is 0.545. The average Bonchev–Trinajstić information content (AvgIpc) is 2.75. The van der Waals surface area contributed by atoms with Crippen LogP contribution in [0, 0.1) is 0 Å². The first-order valence-electron chi connectivity index (χ1n) is 9.93. The lowest BCUT2D eigenvalue weighted by molar-refractivity contribution is -0.137. The van der Waals surface area contributed by atoms with E-state index in [4.69, 9.17) is 11.6 Å². The number of hydrogen-bond donors (Lipinski definition) is 1. The summed E-state index contributed by atoms with van der Waals surface area (Å²) >= 11 is 5.98. The molecule has 0 aliphatic carbocycles. The Balaban J connectivity index is 1.37. The van der Waals surface area contributed by atoms with Crippen molar-refractivity contribution < 1.29 is 18.0 Å². The van der Waals surface area contributed by atoms with Crippen LogP contribution in [-0.4, -0.2) is 42.0 Å². The molecule has 1 N–H and O–H groups in total. The summed E-state index contributed by atoms with van der Waals surface area (Å²) in [6.07, 6.45) is -4.50. The summed E-state index contributed by atoms with van der Waals surface area (Å²) in [5.74, 6) is 0. The van der Waals surface area contributed by atoms with Crippen molar-refractivity contribution >= 4 is 34.1 Å². The van der Waals surface area contributed by atoms with Crippen LogP contribution in [0.2, 0.25) is 5.02 Å². The number of nitrogens with one attached hydrogen (secondary N) is 1. The van der Waals surface area contributed by atoms with Crippen LogP contribution in [-0.2, 0) is 12.7 Å². The van der Waals surface area contributed by atoms with Crippen molar-refractivity contribution in [1.82, 2.24) is 9.80 Å². The van der Waals surface area contributed by atoms with Gasteiger partial charge in [-0.1, -0.05) is 54.1 Å². The number of halogens is 4. The summed E-state index contributed by atoms with van der Waals surface area (Å²) in [6, 6.07) is 16.9. The number of amides is 2. The first kappa shape index (κ1) is 21.5. The van der Waals surface area contributed by atoms with Crippen molar-refractivity contribution in [3.8, 4) is 0 Å². The van der Waals surface area contributed by atoms with E-state index in [-0.39, 0.29) is 10.7 Å². The van der Waals surface area contributed by atoms with E-state index in [0.717, 1.165) is 24.7 Å². The first-order chi connectivity index (χ1) is 14.8. The topological polar surface area (TPSA) is 35.6 Å². The van der Waals surface area contributed by atoms with Gasteiger partial charge in [-0.25, -0.2) is 4.79 Å². The second-order valence-electron chi connectivity index (χ2n) is 7.52. The molecule has 162 valence electrons. The second kappa shape index (κ2) is 8.77. The average molecular weight is 448 g/mol. The molecule has 0 bridgehead atoms. The third kappa shape index (κ3) is 4.94. The number of urea groups is 1. The lowest BCUT2D eigenvalue weighted by Crippen LogP contribution is -2.49. The molecule has 1 fully saturated rings. The fourth-order valence-corrected chi connectivity index (χ4v) is 3.94. The van der Waals surface area contributed by atoms with Crippen LogP contribution in [0.5, 0.6) is 0 Å². The minimum absolute atomic E-state index is 0.0420. The maximum atomic E-state index is 12.9. The minimum Gasteiger partial charge on any atom is -0.322 e. The van der Waals surface area contributed by atoms with Crippen LogP contribution in [0.15, 0.2) is 60.7 Å². The lowest BCUT2D eigenvalue weighted by Gasteiger charge is -2.35. The van der Waals surface area contributed by atoms with Crippen LogP contribution in [0.4, 0.5) is 23.7 Å². The fourth-order valence-electron chi connectivity index (χ4n) is 3.77. The summed E-state index contributed by atoms with van der Waals surface area (Å²) in [5, 5.41) is 4.99. The number of benzene rings is 3. The fraction of sp³-hybridized carbons (Fsp3) is 0.261. The molecule has 0 atom stereocenters. The van der Waals surface area contributed by atoms with Gasteiger partial charge < -0.3 is 10.2 Å². The molecule has 0 saturated carbocycles. The standard InChI is InChI=1S/C23H21ClF3N3O/c24-20-9-8-18(23(25,26)27)14-21(20)28-22(31)30-12-10-29(11-13-30)15-17-6-3-5-16-4-1-2-7-19(16)17/h1-9,14H,10-13,15H2,(H,28,31). The molecular formula is C23H21ClF3N3O. The summed E-state index contributed by atoms with van der Waals surface area (Å²) in [7, 11) is 0. The molecule has 3 aromatic carbocycles. The molecule has 4 nitrogen and oxygen atoms in total. The van der Waals surface area contributed by atoms with E-state index >= 15 is 0 Å². The van der Waals surface area contributed by atoms with Crippen LogP contribution in [0.3, 0.4) is 0 Å². The summed E-state index contributed by atoms with van der Waals surface area (Å²) < 4.78 is 38.8. The maximum absolute atomic E-state index is 12.9. The van der Waals surface area contributed by atoms with E-state index in [1.165, 1.54) is 16.3 Å². The molecule has 8 heteroatoms. The van der Waals surface area contributed by atoms with Gasteiger partial charge >= 0.3 is 12.2 Å². The zero-order chi connectivity index (χ0) is 22.0. The minimum atomic E-state index is -4.50. The molecule has 0 radical (unpaired) electrons. The van der Waals surface area contributed by atoms with E-state index in [9.17, 15) is 18.0 Å². The van der Waals surface area contributed by atoms with Crippen LogP contribution in [0.25, 0.3) is 10.8 Å². The molecule has 31 heavy (non-hydrogen) atoms. The number of nitrogens with zero attached hydrogens (tertiary/aromatic N) is 2. The third-order valence-corrected chi connectivity index (χ3v) is 5.80. The van der Waals surface area contributed by atoms with Crippen molar-refractivity contribution in [2.75, 3.05) is 31.5 Å². The molecule has 0 spiro atoms. The maximum Gasteiger partial charge on any atom is 0.416 e. The van der Waals surface area contributed by atoms with Gasteiger partial charge in [-0.3, -0.25) is 4.90 Å². The van der Waals surface area contributed by atoms with Crippen molar-refractivity contribution in [1.29, 1.82) is 0 Å². The molecule has 1 saturated heterocycles. The van der Waals surface area contributed by atoms with E-state index in [2.05, 4.69) is 34.5 Å². The highest BCUT2D eigenvalue weighted by atomic mass is 35.5. The predicted octanol–water partition coefficient (Wildman–Crippen LogP) is 5.86. The number of alkyl halides is 3. The van der Waals surface area contributed by atoms with Gasteiger partial charge in [0, 0.05) is 32.7 Å². The zero-order valence-electron chi connectivity index (χ0n) is 16.6. The third-order valence-electron chi connectivity index (χ3n) is 5.47. The zero-order valence-corrected chi connectivity index (χ0v) is 17.4. The lowest BCUT2D eigenvalue weighted by atomic mass is 10.0. The van der Waals surface area contributed by atoms with Gasteiger partial charge in [0.2, 0.25) is 0 Å². The first-order valence-corrected chi connectivity index (χ1v) is 10.3. The molecule has 4 rings (SSSR count). The van der Waals surface area contributed by atoms with Gasteiger partial charge in [0.05, 0.1) is 16.3 Å². The van der Waals surface area contributed by atoms with Gasteiger partial charge in [0.25, 0.3) is 0 Å². The highest BCUT2D eigenvalue weighted by molar-refractivity contribution is 6.33. The monoisotopic (exact) mass is 447 g/mol. The van der Waals surface area contributed by atoms with E-state index in [1.807, 2.05) is 18.2 Å². The molecule has 1 aliphatic rings. The SMILES string of the molecule is O=C(Nc1cc(C(F)(F)F)ccc1Cl)N1CCN(Cc2cccc3ccccc23)CC1. The summed E-state index contributed by atoms with van der Waals surface area (Å²) in [6.45, 7) is 3.08. The second-order valence-corrected chi connectivity index (χ2v) is 7.93. The Morgan fingerprint density at radius 3 is 2.42 bits per heavy atom. The predicted molar refractivity (Wildman–Crippen MR) is 116 cm³/mol. The molecule has 0 aromatic heterocycles. The number of fused-ring (bicyclic) bond motifs is 1. The summed E-state index contributed by atoms with van der Waals surface area (Å²) in [5.41, 5.74) is 0.332. The van der Waals surface area contributed by atoms with Crippen molar-refractivity contribution in [3.05, 3.63) is 76.8 Å². The van der Waals surface area contributed by atoms with E-state index < -0.39 is 17.8 Å². The van der Waals surface area contributed by atoms with Crippen LogP contribution >= 0.6 is 11.6 Å². The Morgan fingerprint density at radius 1 is 0.968 bits per heavy atom. The van der Waals surface area contributed by atoms with E-state index in [0.29, 0.717) is 26.2 Å². The molecule has 2 amide bonds. The van der Waals surface area contributed by atoms with E-state index in [1.54, 1.807) is 4.90 Å². The molecular weight excluding hydrogens is 427 g/mol. The largest absolute Gasteiger partial charge is 0.416 e. The van der Waals surface area contributed by atoms with Crippen molar-refractivity contribution in [3.63, 3.8) is 0 Å². The number of piperazine rings is 1. The molecule has 1 heterocycles. The number of anilines is 1. The highest BCUT2D eigenvalue weighted by Gasteiger charge is 2.31. The van der Waals surface area contributed by atoms with Gasteiger partial charge in [0.1, 0.15) is 0 Å². The number of carbonyl (C=O) groups is 1. The van der Waals surface area contributed by atoms with Crippen molar-refractivity contribution in [2.45, 2.75) is 12.7 Å². The Labute approximate surface area is 183 Å². The normalized spacial score (nSPS) is 15.3. The summed E-state index contributed by atoms with van der Waals surface area (Å²) in [4.78, 5) is 16.4. The number of hydrogen-bond acceptors (Lipinski definition) is 2. The molecule has 3 aromatic rings. The van der Waals surface area contributed by atoms with Crippen molar-refractivity contribution in [2.24, 2.45) is 0 Å². The number of carbonyl (C=O) groups excluding carboxylic acids is 1. The molecule has 1 aliphatic heterocycles.